The second-order valence-electron chi connectivity index (χ2n) is 3.47. The number of benzene rings is 2. The predicted molar refractivity (Wildman–Crippen MR) is 79.5 cm³/mol. The zero-order valence-corrected chi connectivity index (χ0v) is 11.7. The Labute approximate surface area is 110 Å². The van der Waals surface area contributed by atoms with Gasteiger partial charge in [0.15, 0.2) is 0 Å². The summed E-state index contributed by atoms with van der Waals surface area (Å²) in [5.74, 6) is -0.898. The molecule has 94 valence electrons. The number of carbonyl (C=O) groups is 1. The highest BCUT2D eigenvalue weighted by atomic mass is 31.0. The lowest BCUT2D eigenvalue weighted by atomic mass is 10.00. The van der Waals surface area contributed by atoms with E-state index < -0.39 is 5.97 Å². The van der Waals surface area contributed by atoms with E-state index in [0.717, 1.165) is 16.4 Å². The smallest absolute Gasteiger partial charge is 0.336 e. The fourth-order valence-electron chi connectivity index (χ4n) is 1.58. The Morgan fingerprint density at radius 3 is 2.11 bits per heavy atom. The van der Waals surface area contributed by atoms with Gasteiger partial charge in [0.25, 0.3) is 0 Å². The van der Waals surface area contributed by atoms with Gasteiger partial charge in [-0.05, 0) is 22.5 Å². The van der Waals surface area contributed by atoms with Gasteiger partial charge in [-0.3, -0.25) is 0 Å². The summed E-state index contributed by atoms with van der Waals surface area (Å²) >= 11 is 0. The Balaban J connectivity index is 0.000000771. The van der Waals surface area contributed by atoms with Crippen LogP contribution in [0.4, 0.5) is 0 Å². The van der Waals surface area contributed by atoms with Crippen molar-refractivity contribution in [3.63, 3.8) is 0 Å². The molecule has 0 fully saturated rings. The number of hydrogen-bond donors (Lipinski definition) is 1. The van der Waals surface area contributed by atoms with E-state index in [2.05, 4.69) is 9.24 Å². The van der Waals surface area contributed by atoms with E-state index >= 15 is 0 Å². The van der Waals surface area contributed by atoms with Crippen molar-refractivity contribution in [1.29, 1.82) is 0 Å². The zero-order valence-electron chi connectivity index (χ0n) is 10.6. The lowest BCUT2D eigenvalue weighted by Gasteiger charge is -2.06. The summed E-state index contributed by atoms with van der Waals surface area (Å²) < 4.78 is 0. The highest BCUT2D eigenvalue weighted by molar-refractivity contribution is 7.27. The van der Waals surface area contributed by atoms with Crippen LogP contribution in [-0.4, -0.2) is 11.1 Å². The van der Waals surface area contributed by atoms with Crippen LogP contribution in [0.3, 0.4) is 0 Å². The molecular weight excluding hydrogens is 243 g/mol. The summed E-state index contributed by atoms with van der Waals surface area (Å²) in [6, 6.07) is 14.7. The third-order valence-corrected chi connectivity index (χ3v) is 2.76. The maximum absolute atomic E-state index is 11.1. The topological polar surface area (TPSA) is 37.3 Å². The van der Waals surface area contributed by atoms with Crippen LogP contribution in [0.5, 0.6) is 0 Å². The minimum absolute atomic E-state index is 0.332. The van der Waals surface area contributed by atoms with Gasteiger partial charge >= 0.3 is 5.97 Å². The Bertz CT molecular complexity index is 518. The van der Waals surface area contributed by atoms with E-state index in [9.17, 15) is 4.79 Å². The Morgan fingerprint density at radius 1 is 1.00 bits per heavy atom. The molecule has 2 aromatic rings. The maximum Gasteiger partial charge on any atom is 0.336 e. The van der Waals surface area contributed by atoms with Crippen LogP contribution in [-0.2, 0) is 0 Å². The van der Waals surface area contributed by atoms with Gasteiger partial charge in [0.1, 0.15) is 0 Å². The first-order valence-corrected chi connectivity index (χ1v) is 6.44. The first-order chi connectivity index (χ1) is 8.68. The number of rotatable bonds is 2. The molecule has 0 bridgehead atoms. The Kier molecular flexibility index (Phi) is 5.54. The largest absolute Gasteiger partial charge is 0.478 e. The molecular formula is C15H17O2P. The van der Waals surface area contributed by atoms with E-state index in [1.165, 1.54) is 0 Å². The third kappa shape index (κ3) is 3.41. The van der Waals surface area contributed by atoms with Gasteiger partial charge in [-0.25, -0.2) is 4.79 Å². The SMILES string of the molecule is CC.O=C(O)c1ccccc1-c1ccc(P)cc1. The minimum Gasteiger partial charge on any atom is -0.478 e. The average molecular weight is 260 g/mol. The summed E-state index contributed by atoms with van der Waals surface area (Å²) in [6.07, 6.45) is 0. The fraction of sp³-hybridized carbons (Fsp3) is 0.133. The van der Waals surface area contributed by atoms with Gasteiger partial charge in [0.2, 0.25) is 0 Å². The van der Waals surface area contributed by atoms with Crippen molar-refractivity contribution in [3.05, 3.63) is 54.1 Å². The van der Waals surface area contributed by atoms with Crippen molar-refractivity contribution < 1.29 is 9.90 Å². The van der Waals surface area contributed by atoms with E-state index in [4.69, 9.17) is 5.11 Å². The highest BCUT2D eigenvalue weighted by Gasteiger charge is 2.09. The standard InChI is InChI=1S/C13H11O2P.C2H6/c14-13(15)12-4-2-1-3-11(12)9-5-7-10(16)8-6-9;1-2/h1-8H,16H2,(H,14,15);1-2H3. The van der Waals surface area contributed by atoms with Crippen molar-refractivity contribution in [3.8, 4) is 11.1 Å². The molecule has 2 nitrogen and oxygen atoms in total. The molecule has 0 aliphatic carbocycles. The molecule has 0 heterocycles. The maximum atomic E-state index is 11.1. The van der Waals surface area contributed by atoms with Crippen molar-refractivity contribution in [2.24, 2.45) is 0 Å². The summed E-state index contributed by atoms with van der Waals surface area (Å²) in [5, 5.41) is 10.2. The van der Waals surface area contributed by atoms with Crippen molar-refractivity contribution >= 4 is 20.5 Å². The van der Waals surface area contributed by atoms with Crippen molar-refractivity contribution in [1.82, 2.24) is 0 Å². The molecule has 0 aromatic heterocycles. The Morgan fingerprint density at radius 2 is 1.56 bits per heavy atom. The van der Waals surface area contributed by atoms with Crippen LogP contribution >= 0.6 is 9.24 Å². The molecule has 0 spiro atoms. The summed E-state index contributed by atoms with van der Waals surface area (Å²) in [6.45, 7) is 4.00. The lowest BCUT2D eigenvalue weighted by molar-refractivity contribution is 0.0697. The normalized spacial score (nSPS) is 9.28. The van der Waals surface area contributed by atoms with Crippen LogP contribution in [0.25, 0.3) is 11.1 Å². The first-order valence-electron chi connectivity index (χ1n) is 5.87. The number of carboxylic acid groups (broad SMARTS) is 1. The molecule has 1 unspecified atom stereocenters. The van der Waals surface area contributed by atoms with Gasteiger partial charge in [0, 0.05) is 0 Å². The second kappa shape index (κ2) is 6.93. The number of hydrogen-bond acceptors (Lipinski definition) is 1. The van der Waals surface area contributed by atoms with Gasteiger partial charge in [0.05, 0.1) is 5.56 Å². The van der Waals surface area contributed by atoms with Crippen LogP contribution < -0.4 is 5.30 Å². The van der Waals surface area contributed by atoms with Crippen molar-refractivity contribution in [2.45, 2.75) is 13.8 Å². The zero-order chi connectivity index (χ0) is 13.5. The monoisotopic (exact) mass is 260 g/mol. The molecule has 2 rings (SSSR count). The first kappa shape index (κ1) is 14.4. The quantitative estimate of drug-likeness (QED) is 0.838. The van der Waals surface area contributed by atoms with Crippen LogP contribution in [0.2, 0.25) is 0 Å². The Hall–Kier alpha value is -1.66. The molecule has 0 aliphatic heterocycles. The van der Waals surface area contributed by atoms with E-state index in [0.29, 0.717) is 5.56 Å². The van der Waals surface area contributed by atoms with E-state index in [1.807, 2.05) is 50.2 Å². The van der Waals surface area contributed by atoms with E-state index in [-0.39, 0.29) is 0 Å². The molecule has 0 saturated heterocycles. The van der Waals surface area contributed by atoms with Crippen LogP contribution in [0, 0.1) is 0 Å². The third-order valence-electron chi connectivity index (χ3n) is 2.38. The molecule has 0 amide bonds. The van der Waals surface area contributed by atoms with Crippen LogP contribution in [0.15, 0.2) is 48.5 Å². The highest BCUT2D eigenvalue weighted by Crippen LogP contribution is 2.23. The molecule has 18 heavy (non-hydrogen) atoms. The lowest BCUT2D eigenvalue weighted by Crippen LogP contribution is -1.99. The molecule has 1 atom stereocenters. The molecule has 3 heteroatoms. The minimum atomic E-state index is -0.898. The second-order valence-corrected chi connectivity index (χ2v) is 4.14. The molecule has 0 saturated carbocycles. The van der Waals surface area contributed by atoms with Crippen LogP contribution in [0.1, 0.15) is 24.2 Å². The van der Waals surface area contributed by atoms with Crippen molar-refractivity contribution in [2.75, 3.05) is 0 Å². The number of aromatic carboxylic acids is 1. The van der Waals surface area contributed by atoms with Gasteiger partial charge < -0.3 is 5.11 Å². The van der Waals surface area contributed by atoms with Gasteiger partial charge in [-0.15, -0.1) is 9.24 Å². The van der Waals surface area contributed by atoms with Gasteiger partial charge in [-0.2, -0.15) is 0 Å². The molecule has 0 radical (unpaired) electrons. The van der Waals surface area contributed by atoms with Gasteiger partial charge in [-0.1, -0.05) is 56.3 Å². The van der Waals surface area contributed by atoms with E-state index in [1.54, 1.807) is 12.1 Å². The molecule has 1 N–H and O–H groups in total. The average Bonchev–Trinajstić information content (AvgIpc) is 2.42. The summed E-state index contributed by atoms with van der Waals surface area (Å²) in [5.41, 5.74) is 2.00. The number of carboxylic acids is 1. The summed E-state index contributed by atoms with van der Waals surface area (Å²) in [4.78, 5) is 11.1. The molecule has 2 aromatic carbocycles. The predicted octanol–water partition coefficient (Wildman–Crippen LogP) is 3.58. The fourth-order valence-corrected chi connectivity index (χ4v) is 1.78. The molecule has 0 aliphatic rings. The summed E-state index contributed by atoms with van der Waals surface area (Å²) in [7, 11) is 2.60.